The number of thiazole rings is 1. The molecular formula is C33H29F9N6S. The van der Waals surface area contributed by atoms with Crippen LogP contribution < -0.4 is 4.90 Å². The third-order valence-electron chi connectivity index (χ3n) is 7.61. The first-order valence-electron chi connectivity index (χ1n) is 15.0. The molecular weight excluding hydrogens is 683 g/mol. The maximum Gasteiger partial charge on any atom is 0.416 e. The van der Waals surface area contributed by atoms with Gasteiger partial charge in [0.05, 0.1) is 34.4 Å². The number of benzene rings is 3. The first-order valence-corrected chi connectivity index (χ1v) is 15.8. The Hall–Kier alpha value is -4.47. The van der Waals surface area contributed by atoms with Gasteiger partial charge in [0.25, 0.3) is 5.95 Å². The molecule has 6 nitrogen and oxygen atoms in total. The largest absolute Gasteiger partial charge is 0.416 e. The van der Waals surface area contributed by atoms with Gasteiger partial charge in [-0.3, -0.25) is 0 Å². The van der Waals surface area contributed by atoms with Crippen LogP contribution in [0.1, 0.15) is 56.6 Å². The van der Waals surface area contributed by atoms with E-state index in [0.717, 1.165) is 45.2 Å². The van der Waals surface area contributed by atoms with Crippen LogP contribution in [0.2, 0.25) is 0 Å². The van der Waals surface area contributed by atoms with Gasteiger partial charge in [0.2, 0.25) is 0 Å². The molecule has 0 saturated carbocycles. The van der Waals surface area contributed by atoms with Crippen molar-refractivity contribution in [3.8, 4) is 11.3 Å². The van der Waals surface area contributed by atoms with Crippen LogP contribution in [0, 0.1) is 0 Å². The maximum absolute atomic E-state index is 14.0. The van der Waals surface area contributed by atoms with E-state index in [1.165, 1.54) is 29.4 Å². The Labute approximate surface area is 279 Å². The molecule has 3 aromatic carbocycles. The first kappa shape index (κ1) is 35.8. The maximum atomic E-state index is 14.0. The molecule has 0 fully saturated rings. The molecule has 0 aliphatic heterocycles. The Morgan fingerprint density at radius 2 is 1.39 bits per heavy atom. The second-order valence-corrected chi connectivity index (χ2v) is 12.5. The summed E-state index contributed by atoms with van der Waals surface area (Å²) in [6, 6.07) is 14.1. The molecule has 0 aliphatic rings. The summed E-state index contributed by atoms with van der Waals surface area (Å²) in [4.78, 5) is 7.81. The molecule has 0 amide bonds. The van der Waals surface area contributed by atoms with Gasteiger partial charge in [-0.05, 0) is 77.9 Å². The van der Waals surface area contributed by atoms with Crippen LogP contribution >= 0.6 is 11.3 Å². The molecule has 0 spiro atoms. The van der Waals surface area contributed by atoms with Crippen molar-refractivity contribution >= 4 is 17.3 Å². The van der Waals surface area contributed by atoms with Gasteiger partial charge in [0.15, 0.2) is 0 Å². The molecule has 5 rings (SSSR count). The number of hydrogen-bond donors (Lipinski definition) is 0. The van der Waals surface area contributed by atoms with Crippen LogP contribution in [0.25, 0.3) is 11.3 Å². The Kier molecular flexibility index (Phi) is 10.4. The normalized spacial score (nSPS) is 12.5. The van der Waals surface area contributed by atoms with Gasteiger partial charge in [0, 0.05) is 23.5 Å². The van der Waals surface area contributed by atoms with Crippen molar-refractivity contribution in [2.75, 3.05) is 4.90 Å². The third-order valence-corrected chi connectivity index (χ3v) is 8.87. The van der Waals surface area contributed by atoms with Crippen molar-refractivity contribution in [1.82, 2.24) is 25.2 Å². The lowest BCUT2D eigenvalue weighted by Gasteiger charge is -2.24. The van der Waals surface area contributed by atoms with Gasteiger partial charge in [-0.25, -0.2) is 4.98 Å². The van der Waals surface area contributed by atoms with Crippen LogP contribution in [0.5, 0.6) is 0 Å². The topological polar surface area (TPSA) is 59.7 Å². The smallest absolute Gasteiger partial charge is 0.330 e. The van der Waals surface area contributed by atoms with Gasteiger partial charge >= 0.3 is 18.5 Å². The number of rotatable bonds is 11. The second-order valence-electron chi connectivity index (χ2n) is 11.3. The zero-order valence-electron chi connectivity index (χ0n) is 26.1. The number of halogens is 9. The highest BCUT2D eigenvalue weighted by atomic mass is 32.1. The Morgan fingerprint density at radius 1 is 0.735 bits per heavy atom. The lowest BCUT2D eigenvalue weighted by Crippen LogP contribution is -2.25. The number of aryl methyl sites for hydroxylation is 4. The molecule has 16 heteroatoms. The molecule has 0 unspecified atom stereocenters. The van der Waals surface area contributed by atoms with E-state index in [2.05, 4.69) is 15.4 Å². The van der Waals surface area contributed by atoms with Crippen LogP contribution in [-0.2, 0) is 57.9 Å². The predicted molar refractivity (Wildman–Crippen MR) is 166 cm³/mol. The van der Waals surface area contributed by atoms with E-state index >= 15 is 0 Å². The summed E-state index contributed by atoms with van der Waals surface area (Å²) in [7, 11) is 1.39. The summed E-state index contributed by atoms with van der Waals surface area (Å²) in [6.07, 6.45) is -12.2. The molecule has 0 aliphatic carbocycles. The fourth-order valence-corrected chi connectivity index (χ4v) is 6.38. The summed E-state index contributed by atoms with van der Waals surface area (Å²) >= 11 is 1.44. The second kappa shape index (κ2) is 14.2. The average molecular weight is 713 g/mol. The summed E-state index contributed by atoms with van der Waals surface area (Å²) in [5.41, 5.74) is -2.44. The molecule has 260 valence electrons. The fraction of sp³-hybridized carbons (Fsp3) is 0.333. The van der Waals surface area contributed by atoms with Crippen LogP contribution in [0.15, 0.2) is 66.7 Å². The highest BCUT2D eigenvalue weighted by Crippen LogP contribution is 2.39. The Balaban J connectivity index is 1.55. The zero-order valence-corrected chi connectivity index (χ0v) is 26.9. The minimum atomic E-state index is -5.10. The van der Waals surface area contributed by atoms with Crippen molar-refractivity contribution in [2.45, 2.75) is 64.2 Å². The molecule has 49 heavy (non-hydrogen) atoms. The highest BCUT2D eigenvalue weighted by Gasteiger charge is 2.37. The lowest BCUT2D eigenvalue weighted by molar-refractivity contribution is -0.143. The van der Waals surface area contributed by atoms with E-state index < -0.39 is 53.9 Å². The average Bonchev–Trinajstić information content (AvgIpc) is 3.66. The highest BCUT2D eigenvalue weighted by molar-refractivity contribution is 7.12. The Morgan fingerprint density at radius 3 is 1.96 bits per heavy atom. The summed E-state index contributed by atoms with van der Waals surface area (Å²) in [5.74, 6) is -0.215. The van der Waals surface area contributed by atoms with E-state index in [9.17, 15) is 39.5 Å². The monoisotopic (exact) mass is 712 g/mol. The molecule has 0 saturated heterocycles. The standard InChI is InChI=1S/C33H29F9N6S/c1-3-27-29(43-28(49-27)11-7-10-20-8-5-4-6-9-20)26-13-12-23(31(34,35)36)16-22(26)19-48(30-44-46-47(2)45-30)18-21-14-24(32(37,38)39)17-25(15-21)33(40,41)42/h4-6,8-9,12-17H,3,7,10-11,18-19H2,1-2H3. The van der Waals surface area contributed by atoms with E-state index in [1.54, 1.807) is 0 Å². The number of hydrogen-bond acceptors (Lipinski definition) is 6. The van der Waals surface area contributed by atoms with Crippen molar-refractivity contribution in [3.63, 3.8) is 0 Å². The quantitative estimate of drug-likeness (QED) is 0.128. The van der Waals surface area contributed by atoms with Crippen molar-refractivity contribution in [3.05, 3.63) is 110 Å². The van der Waals surface area contributed by atoms with E-state index in [4.69, 9.17) is 4.98 Å². The van der Waals surface area contributed by atoms with E-state index in [0.29, 0.717) is 36.2 Å². The minimum absolute atomic E-state index is 0.00524. The van der Waals surface area contributed by atoms with Gasteiger partial charge < -0.3 is 4.90 Å². The molecule has 5 aromatic rings. The predicted octanol–water partition coefficient (Wildman–Crippen LogP) is 9.33. The zero-order chi connectivity index (χ0) is 35.6. The van der Waals surface area contributed by atoms with Crippen LogP contribution in [-0.4, -0.2) is 25.2 Å². The number of aromatic nitrogens is 5. The number of nitrogens with zero attached hydrogens (tertiary/aromatic N) is 6. The Bertz CT molecular complexity index is 1850. The molecule has 2 heterocycles. The van der Waals surface area contributed by atoms with Gasteiger partial charge in [-0.2, -0.15) is 44.3 Å². The molecule has 0 radical (unpaired) electrons. The number of alkyl halides is 9. The van der Waals surface area contributed by atoms with Crippen molar-refractivity contribution in [2.24, 2.45) is 7.05 Å². The van der Waals surface area contributed by atoms with Crippen molar-refractivity contribution < 1.29 is 39.5 Å². The van der Waals surface area contributed by atoms with Gasteiger partial charge in [-0.1, -0.05) is 48.4 Å². The van der Waals surface area contributed by atoms with Crippen molar-refractivity contribution in [1.29, 1.82) is 0 Å². The minimum Gasteiger partial charge on any atom is -0.330 e. The van der Waals surface area contributed by atoms with Crippen LogP contribution in [0.3, 0.4) is 0 Å². The fourth-order valence-electron chi connectivity index (χ4n) is 5.31. The van der Waals surface area contributed by atoms with Crippen LogP contribution in [0.4, 0.5) is 45.5 Å². The number of anilines is 1. The summed E-state index contributed by atoms with van der Waals surface area (Å²) < 4.78 is 124. The molecule has 0 bridgehead atoms. The summed E-state index contributed by atoms with van der Waals surface area (Å²) in [6.45, 7) is 0.847. The van der Waals surface area contributed by atoms with E-state index in [1.807, 2.05) is 37.3 Å². The summed E-state index contributed by atoms with van der Waals surface area (Å²) in [5, 5.41) is 12.4. The van der Waals surface area contributed by atoms with Gasteiger partial charge in [0.1, 0.15) is 0 Å². The molecule has 2 aromatic heterocycles. The first-order chi connectivity index (χ1) is 23.0. The molecule has 0 N–H and O–H groups in total. The third kappa shape index (κ3) is 8.96. The lowest BCUT2D eigenvalue weighted by atomic mass is 9.98. The number of tetrazole rings is 1. The van der Waals surface area contributed by atoms with Gasteiger partial charge in [-0.15, -0.1) is 16.4 Å². The SMILES string of the molecule is CCc1sc(CCCc2ccccc2)nc1-c1ccc(C(F)(F)F)cc1CN(Cc1cc(C(F)(F)F)cc(C(F)(F)F)c1)c1nnn(C)n1. The van der Waals surface area contributed by atoms with E-state index in [-0.39, 0.29) is 17.6 Å². The molecule has 0 atom stereocenters.